The van der Waals surface area contributed by atoms with Crippen LogP contribution in [-0.2, 0) is 11.0 Å². The molecule has 0 N–H and O–H groups in total. The molecule has 1 heterocycles. The molecule has 0 saturated carbocycles. The second-order valence-corrected chi connectivity index (χ2v) is 6.90. The van der Waals surface area contributed by atoms with Crippen molar-refractivity contribution in [2.24, 2.45) is 4.40 Å². The minimum Gasteiger partial charge on any atom is -0.395 e. The Kier molecular flexibility index (Phi) is 3.34. The summed E-state index contributed by atoms with van der Waals surface area (Å²) < 4.78 is 49.3. The maximum atomic E-state index is 12.8. The van der Waals surface area contributed by atoms with Crippen molar-refractivity contribution in [3.8, 4) is 11.5 Å². The van der Waals surface area contributed by atoms with Gasteiger partial charge in [-0.2, -0.15) is 4.40 Å². The first-order chi connectivity index (χ1) is 8.67. The maximum absolute atomic E-state index is 12.8. The van der Waals surface area contributed by atoms with Gasteiger partial charge in [-0.1, -0.05) is 0 Å². The predicted molar refractivity (Wildman–Crippen MR) is 68.1 cm³/mol. The molecule has 1 aromatic rings. The summed E-state index contributed by atoms with van der Waals surface area (Å²) in [7, 11) is -1.40. The lowest BCUT2D eigenvalue weighted by atomic mass is 10.2. The Morgan fingerprint density at radius 3 is 2.53 bits per heavy atom. The molecule has 0 unspecified atom stereocenters. The van der Waals surface area contributed by atoms with E-state index in [4.69, 9.17) is 0 Å². The molecular formula is C12H13F2NO3S. The number of fused-ring (bicyclic) bond motifs is 1. The van der Waals surface area contributed by atoms with Crippen molar-refractivity contribution in [2.45, 2.75) is 31.8 Å². The lowest BCUT2D eigenvalue weighted by molar-refractivity contribution is -0.286. The average molecular weight is 289 g/mol. The molecule has 1 aliphatic heterocycles. The highest BCUT2D eigenvalue weighted by Gasteiger charge is 2.43. The standard InChI is InChI=1S/C12H13F2NO3S/c1-11(2,3)19(16)15-7-8-4-5-9-10(6-8)18-12(13,14)17-9/h4-7H,1-3H3/b15-7+/t19-/m0/s1. The maximum Gasteiger partial charge on any atom is 0.586 e. The summed E-state index contributed by atoms with van der Waals surface area (Å²) in [6.45, 7) is 5.38. The third-order valence-electron chi connectivity index (χ3n) is 2.25. The molecule has 4 nitrogen and oxygen atoms in total. The summed E-state index contributed by atoms with van der Waals surface area (Å²) in [5, 5.41) is 0. The van der Waals surface area contributed by atoms with E-state index in [1.807, 2.05) is 0 Å². The SMILES string of the molecule is CC(C)(C)[S@](=O)/N=C/c1ccc2c(c1)OC(F)(F)O2. The second-order valence-electron chi connectivity index (χ2n) is 4.97. The number of ether oxygens (including phenoxy) is 2. The number of benzene rings is 1. The summed E-state index contributed by atoms with van der Waals surface area (Å²) in [4.78, 5) is 0. The normalized spacial score (nSPS) is 18.8. The summed E-state index contributed by atoms with van der Waals surface area (Å²) in [6.07, 6.45) is -2.27. The molecule has 0 aromatic heterocycles. The molecule has 0 radical (unpaired) electrons. The number of nitrogens with zero attached hydrogens (tertiary/aromatic N) is 1. The fraction of sp³-hybridized carbons (Fsp3) is 0.417. The van der Waals surface area contributed by atoms with Crippen molar-refractivity contribution in [1.82, 2.24) is 0 Å². The number of halogens is 2. The van der Waals surface area contributed by atoms with Crippen molar-refractivity contribution in [3.63, 3.8) is 0 Å². The third kappa shape index (κ3) is 3.28. The van der Waals surface area contributed by atoms with E-state index in [0.717, 1.165) is 0 Å². The van der Waals surface area contributed by atoms with Gasteiger partial charge in [-0.3, -0.25) is 0 Å². The lowest BCUT2D eigenvalue weighted by Crippen LogP contribution is -2.25. The minimum atomic E-state index is -3.63. The van der Waals surface area contributed by atoms with E-state index in [1.54, 1.807) is 20.8 Å². The van der Waals surface area contributed by atoms with E-state index in [-0.39, 0.29) is 11.5 Å². The molecule has 19 heavy (non-hydrogen) atoms. The van der Waals surface area contributed by atoms with Crippen LogP contribution in [0.3, 0.4) is 0 Å². The topological polar surface area (TPSA) is 47.9 Å². The number of rotatable bonds is 2. The molecule has 104 valence electrons. The van der Waals surface area contributed by atoms with Crippen molar-refractivity contribution in [1.29, 1.82) is 0 Å². The van der Waals surface area contributed by atoms with Crippen molar-refractivity contribution < 1.29 is 22.5 Å². The molecule has 0 fully saturated rings. The van der Waals surface area contributed by atoms with Gasteiger partial charge < -0.3 is 9.47 Å². The van der Waals surface area contributed by atoms with Crippen LogP contribution in [0.15, 0.2) is 22.6 Å². The Hall–Kier alpha value is -1.50. The molecule has 1 aliphatic rings. The number of hydrogen-bond acceptors (Lipinski definition) is 3. The summed E-state index contributed by atoms with van der Waals surface area (Å²) >= 11 is 0. The molecule has 0 bridgehead atoms. The minimum absolute atomic E-state index is 0.0286. The summed E-state index contributed by atoms with van der Waals surface area (Å²) in [5.74, 6) is -0.0883. The lowest BCUT2D eigenvalue weighted by Gasteiger charge is -2.12. The molecule has 0 saturated heterocycles. The van der Waals surface area contributed by atoms with Gasteiger partial charge >= 0.3 is 6.29 Å². The molecule has 7 heteroatoms. The zero-order valence-corrected chi connectivity index (χ0v) is 11.5. The molecular weight excluding hydrogens is 276 g/mol. The fourth-order valence-corrected chi connectivity index (χ4v) is 1.85. The van der Waals surface area contributed by atoms with Crippen LogP contribution in [0.1, 0.15) is 26.3 Å². The first kappa shape index (κ1) is 13.9. The first-order valence-electron chi connectivity index (χ1n) is 5.53. The highest BCUT2D eigenvalue weighted by Crippen LogP contribution is 2.40. The van der Waals surface area contributed by atoms with Gasteiger partial charge in [0, 0.05) is 6.21 Å². The van der Waals surface area contributed by atoms with E-state index < -0.39 is 22.0 Å². The molecule has 0 aliphatic carbocycles. The van der Waals surface area contributed by atoms with Crippen molar-refractivity contribution >= 4 is 17.2 Å². The van der Waals surface area contributed by atoms with Crippen LogP contribution in [0.25, 0.3) is 0 Å². The zero-order valence-electron chi connectivity index (χ0n) is 10.6. The third-order valence-corrected chi connectivity index (χ3v) is 3.59. The van der Waals surface area contributed by atoms with Gasteiger partial charge in [0.15, 0.2) is 11.5 Å². The monoisotopic (exact) mass is 289 g/mol. The largest absolute Gasteiger partial charge is 0.586 e. The average Bonchev–Trinajstić information content (AvgIpc) is 2.57. The van der Waals surface area contributed by atoms with Crippen LogP contribution >= 0.6 is 0 Å². The highest BCUT2D eigenvalue weighted by atomic mass is 32.2. The Labute approximate surface area is 112 Å². The quantitative estimate of drug-likeness (QED) is 0.787. The first-order valence-corrected chi connectivity index (χ1v) is 6.64. The molecule has 1 aromatic carbocycles. The Balaban J connectivity index is 2.17. The number of hydrogen-bond donors (Lipinski definition) is 0. The molecule has 0 spiro atoms. The van der Waals surface area contributed by atoms with E-state index in [0.29, 0.717) is 5.56 Å². The fourth-order valence-electron chi connectivity index (χ4n) is 1.31. The second kappa shape index (κ2) is 4.56. The van der Waals surface area contributed by atoms with Crippen LogP contribution in [-0.4, -0.2) is 21.5 Å². The zero-order chi connectivity index (χ0) is 14.3. The number of alkyl halides is 2. The van der Waals surface area contributed by atoms with Gasteiger partial charge in [-0.15, -0.1) is 8.78 Å². The smallest absolute Gasteiger partial charge is 0.395 e. The highest BCUT2D eigenvalue weighted by molar-refractivity contribution is 7.85. The van der Waals surface area contributed by atoms with E-state index in [1.165, 1.54) is 24.4 Å². The van der Waals surface area contributed by atoms with Gasteiger partial charge in [0.05, 0.1) is 4.75 Å². The predicted octanol–water partition coefficient (Wildman–Crippen LogP) is 2.89. The van der Waals surface area contributed by atoms with E-state index in [2.05, 4.69) is 13.9 Å². The van der Waals surface area contributed by atoms with E-state index >= 15 is 0 Å². The van der Waals surface area contributed by atoms with E-state index in [9.17, 15) is 13.0 Å². The van der Waals surface area contributed by atoms with Gasteiger partial charge in [0.2, 0.25) is 0 Å². The van der Waals surface area contributed by atoms with Crippen LogP contribution < -0.4 is 9.47 Å². The summed E-state index contributed by atoms with van der Waals surface area (Å²) in [6, 6.07) is 4.25. The van der Waals surface area contributed by atoms with Crippen LogP contribution in [0, 0.1) is 0 Å². The van der Waals surface area contributed by atoms with Gasteiger partial charge in [-0.05, 0) is 44.5 Å². The molecule has 0 amide bonds. The van der Waals surface area contributed by atoms with Gasteiger partial charge in [-0.25, -0.2) is 4.21 Å². The van der Waals surface area contributed by atoms with Crippen LogP contribution in [0.4, 0.5) is 8.78 Å². The van der Waals surface area contributed by atoms with Gasteiger partial charge in [0.25, 0.3) is 0 Å². The van der Waals surface area contributed by atoms with Crippen molar-refractivity contribution in [3.05, 3.63) is 23.8 Å². The summed E-state index contributed by atoms with van der Waals surface area (Å²) in [5.41, 5.74) is 0.512. The molecule has 1 atom stereocenters. The Bertz CT molecular complexity index is 552. The van der Waals surface area contributed by atoms with Gasteiger partial charge in [0.1, 0.15) is 11.0 Å². The van der Waals surface area contributed by atoms with Crippen LogP contribution in [0.5, 0.6) is 11.5 Å². The van der Waals surface area contributed by atoms with Crippen LogP contribution in [0.2, 0.25) is 0 Å². The molecule has 2 rings (SSSR count). The van der Waals surface area contributed by atoms with Crippen molar-refractivity contribution in [2.75, 3.05) is 0 Å². The Morgan fingerprint density at radius 2 is 1.89 bits per heavy atom. The Morgan fingerprint density at radius 1 is 1.26 bits per heavy atom.